The van der Waals surface area contributed by atoms with E-state index in [1.807, 2.05) is 0 Å². The fourth-order valence-corrected chi connectivity index (χ4v) is 1.82. The number of piperazine rings is 1. The SMILES string of the molecule is Cc1cc(F)ccc1C(=O)N1CC(=O)NC(=O)C1. The Hall–Kier alpha value is -2.24. The first-order valence-corrected chi connectivity index (χ1v) is 5.35. The van der Waals surface area contributed by atoms with Crippen LogP contribution in [0.3, 0.4) is 0 Å². The van der Waals surface area contributed by atoms with E-state index in [2.05, 4.69) is 5.32 Å². The van der Waals surface area contributed by atoms with E-state index in [0.29, 0.717) is 11.1 Å². The molecule has 3 amide bonds. The molecule has 0 bridgehead atoms. The van der Waals surface area contributed by atoms with Crippen molar-refractivity contribution in [1.82, 2.24) is 10.2 Å². The first-order chi connectivity index (χ1) is 8.47. The van der Waals surface area contributed by atoms with Crippen LogP contribution in [-0.2, 0) is 9.59 Å². The monoisotopic (exact) mass is 250 g/mol. The Morgan fingerprint density at radius 3 is 2.44 bits per heavy atom. The van der Waals surface area contributed by atoms with Gasteiger partial charge in [0.05, 0.1) is 0 Å². The fraction of sp³-hybridized carbons (Fsp3) is 0.250. The highest BCUT2D eigenvalue weighted by Gasteiger charge is 2.27. The van der Waals surface area contributed by atoms with E-state index in [1.165, 1.54) is 18.2 Å². The second-order valence-electron chi connectivity index (χ2n) is 4.09. The van der Waals surface area contributed by atoms with Crippen LogP contribution in [-0.4, -0.2) is 35.7 Å². The lowest BCUT2D eigenvalue weighted by atomic mass is 10.1. The largest absolute Gasteiger partial charge is 0.320 e. The Morgan fingerprint density at radius 1 is 1.28 bits per heavy atom. The highest BCUT2D eigenvalue weighted by atomic mass is 19.1. The summed E-state index contributed by atoms with van der Waals surface area (Å²) in [6.07, 6.45) is 0. The molecule has 1 aromatic rings. The number of benzene rings is 1. The first-order valence-electron chi connectivity index (χ1n) is 5.35. The van der Waals surface area contributed by atoms with Gasteiger partial charge < -0.3 is 4.90 Å². The van der Waals surface area contributed by atoms with Crippen molar-refractivity contribution in [3.8, 4) is 0 Å². The zero-order chi connectivity index (χ0) is 13.3. The smallest absolute Gasteiger partial charge is 0.255 e. The van der Waals surface area contributed by atoms with Gasteiger partial charge >= 0.3 is 0 Å². The molecule has 5 nitrogen and oxygen atoms in total. The van der Waals surface area contributed by atoms with Crippen LogP contribution in [0.25, 0.3) is 0 Å². The number of carbonyl (C=O) groups is 3. The molecule has 2 rings (SSSR count). The average Bonchev–Trinajstić information content (AvgIpc) is 2.26. The Kier molecular flexibility index (Phi) is 3.10. The third kappa shape index (κ3) is 2.37. The van der Waals surface area contributed by atoms with E-state index in [0.717, 1.165) is 4.90 Å². The number of halogens is 1. The number of hydrogen-bond donors (Lipinski definition) is 1. The van der Waals surface area contributed by atoms with Crippen LogP contribution in [0, 0.1) is 12.7 Å². The molecule has 0 unspecified atom stereocenters. The summed E-state index contributed by atoms with van der Waals surface area (Å²) in [7, 11) is 0. The number of hydrogen-bond acceptors (Lipinski definition) is 3. The van der Waals surface area contributed by atoms with Crippen LogP contribution in [0.15, 0.2) is 18.2 Å². The molecule has 0 saturated carbocycles. The Morgan fingerprint density at radius 2 is 1.89 bits per heavy atom. The van der Waals surface area contributed by atoms with Crippen molar-refractivity contribution < 1.29 is 18.8 Å². The third-order valence-electron chi connectivity index (χ3n) is 2.65. The molecule has 1 heterocycles. The van der Waals surface area contributed by atoms with Crippen molar-refractivity contribution in [2.75, 3.05) is 13.1 Å². The highest BCUT2D eigenvalue weighted by Crippen LogP contribution is 2.13. The van der Waals surface area contributed by atoms with E-state index in [1.54, 1.807) is 6.92 Å². The molecular formula is C12H11FN2O3. The number of imide groups is 1. The molecule has 1 saturated heterocycles. The van der Waals surface area contributed by atoms with E-state index >= 15 is 0 Å². The van der Waals surface area contributed by atoms with Gasteiger partial charge in [0, 0.05) is 5.56 Å². The number of rotatable bonds is 1. The standard InChI is InChI=1S/C12H11FN2O3/c1-7-4-8(13)2-3-9(7)12(18)15-5-10(16)14-11(17)6-15/h2-4H,5-6H2,1H3,(H,14,16,17). The van der Waals surface area contributed by atoms with Crippen molar-refractivity contribution in [1.29, 1.82) is 0 Å². The Balaban J connectivity index is 2.25. The topological polar surface area (TPSA) is 66.5 Å². The van der Waals surface area contributed by atoms with E-state index in [-0.39, 0.29) is 13.1 Å². The average molecular weight is 250 g/mol. The maximum atomic E-state index is 12.9. The molecular weight excluding hydrogens is 239 g/mol. The molecule has 94 valence electrons. The van der Waals surface area contributed by atoms with Gasteiger partial charge in [-0.25, -0.2) is 4.39 Å². The summed E-state index contributed by atoms with van der Waals surface area (Å²) >= 11 is 0. The van der Waals surface area contributed by atoms with Crippen molar-refractivity contribution in [3.63, 3.8) is 0 Å². The minimum atomic E-state index is -0.514. The quantitative estimate of drug-likeness (QED) is 0.726. The van der Waals surface area contributed by atoms with Crippen molar-refractivity contribution in [3.05, 3.63) is 35.1 Å². The molecule has 0 spiro atoms. The number of nitrogens with one attached hydrogen (secondary N) is 1. The van der Waals surface area contributed by atoms with Gasteiger partial charge in [0.2, 0.25) is 11.8 Å². The van der Waals surface area contributed by atoms with Gasteiger partial charge in [0.25, 0.3) is 5.91 Å². The van der Waals surface area contributed by atoms with Crippen LogP contribution in [0.4, 0.5) is 4.39 Å². The van der Waals surface area contributed by atoms with E-state index in [4.69, 9.17) is 0 Å². The zero-order valence-electron chi connectivity index (χ0n) is 9.70. The summed E-state index contributed by atoms with van der Waals surface area (Å²) < 4.78 is 12.9. The van der Waals surface area contributed by atoms with Gasteiger partial charge in [-0.1, -0.05) is 0 Å². The molecule has 1 aliphatic heterocycles. The molecule has 6 heteroatoms. The molecule has 1 fully saturated rings. The van der Waals surface area contributed by atoms with Crippen LogP contribution in [0.5, 0.6) is 0 Å². The van der Waals surface area contributed by atoms with E-state index in [9.17, 15) is 18.8 Å². The zero-order valence-corrected chi connectivity index (χ0v) is 9.70. The molecule has 0 radical (unpaired) electrons. The Bertz CT molecular complexity index is 526. The summed E-state index contributed by atoms with van der Waals surface area (Å²) in [4.78, 5) is 35.6. The van der Waals surface area contributed by atoms with Gasteiger partial charge in [0.15, 0.2) is 0 Å². The lowest BCUT2D eigenvalue weighted by Gasteiger charge is -2.26. The van der Waals surface area contributed by atoms with Crippen molar-refractivity contribution in [2.24, 2.45) is 0 Å². The van der Waals surface area contributed by atoms with Crippen LogP contribution in [0.2, 0.25) is 0 Å². The first kappa shape index (κ1) is 12.2. The third-order valence-corrected chi connectivity index (χ3v) is 2.65. The fourth-order valence-electron chi connectivity index (χ4n) is 1.82. The minimum Gasteiger partial charge on any atom is -0.320 e. The summed E-state index contributed by atoms with van der Waals surface area (Å²) in [6, 6.07) is 3.76. The number of amides is 3. The maximum absolute atomic E-state index is 12.9. The molecule has 1 aromatic carbocycles. The summed E-state index contributed by atoms with van der Waals surface area (Å²) in [5, 5.41) is 2.11. The molecule has 0 atom stereocenters. The Labute approximate surface area is 103 Å². The summed E-state index contributed by atoms with van der Waals surface area (Å²) in [6.45, 7) is 1.27. The van der Waals surface area contributed by atoms with Gasteiger partial charge in [-0.2, -0.15) is 0 Å². The summed E-state index contributed by atoms with van der Waals surface area (Å²) in [5.41, 5.74) is 0.761. The second-order valence-corrected chi connectivity index (χ2v) is 4.09. The lowest BCUT2D eigenvalue weighted by molar-refractivity contribution is -0.135. The van der Waals surface area contributed by atoms with Gasteiger partial charge in [-0.15, -0.1) is 0 Å². The van der Waals surface area contributed by atoms with Crippen molar-refractivity contribution in [2.45, 2.75) is 6.92 Å². The van der Waals surface area contributed by atoms with Gasteiger partial charge in [-0.3, -0.25) is 19.7 Å². The number of nitrogens with zero attached hydrogens (tertiary/aromatic N) is 1. The number of aryl methyl sites for hydroxylation is 1. The number of carbonyl (C=O) groups excluding carboxylic acids is 3. The van der Waals surface area contributed by atoms with E-state index < -0.39 is 23.5 Å². The maximum Gasteiger partial charge on any atom is 0.255 e. The molecule has 1 N–H and O–H groups in total. The predicted octanol–water partition coefficient (Wildman–Crippen LogP) is 0.233. The molecule has 18 heavy (non-hydrogen) atoms. The van der Waals surface area contributed by atoms with Crippen LogP contribution in [0.1, 0.15) is 15.9 Å². The normalized spacial score (nSPS) is 15.6. The minimum absolute atomic E-state index is 0.165. The molecule has 1 aliphatic rings. The summed E-state index contributed by atoms with van der Waals surface area (Å²) in [5.74, 6) is -1.91. The van der Waals surface area contributed by atoms with Crippen LogP contribution < -0.4 is 5.32 Å². The molecule has 0 aromatic heterocycles. The van der Waals surface area contributed by atoms with Gasteiger partial charge in [-0.05, 0) is 30.7 Å². The van der Waals surface area contributed by atoms with Crippen LogP contribution >= 0.6 is 0 Å². The van der Waals surface area contributed by atoms with Crippen molar-refractivity contribution >= 4 is 17.7 Å². The lowest BCUT2D eigenvalue weighted by Crippen LogP contribution is -2.53. The highest BCUT2D eigenvalue weighted by molar-refractivity contribution is 6.06. The second kappa shape index (κ2) is 4.56. The molecule has 0 aliphatic carbocycles. The van der Waals surface area contributed by atoms with Gasteiger partial charge in [0.1, 0.15) is 18.9 Å². The predicted molar refractivity (Wildman–Crippen MR) is 60.2 cm³/mol.